The van der Waals surface area contributed by atoms with Crippen LogP contribution in [0.3, 0.4) is 0 Å². The predicted octanol–water partition coefficient (Wildman–Crippen LogP) is 13.5. The van der Waals surface area contributed by atoms with Gasteiger partial charge in [0.2, 0.25) is 0 Å². The van der Waals surface area contributed by atoms with Crippen LogP contribution in [0.4, 0.5) is 0 Å². The molecule has 0 N–H and O–H groups in total. The van der Waals surface area contributed by atoms with Crippen molar-refractivity contribution in [2.24, 2.45) is 0 Å². The first-order valence-corrected chi connectivity index (χ1v) is 28.5. The summed E-state index contributed by atoms with van der Waals surface area (Å²) < 4.78 is 0. The van der Waals surface area contributed by atoms with Crippen molar-refractivity contribution in [3.63, 3.8) is 0 Å². The third-order valence-corrected chi connectivity index (χ3v) is 63.2. The van der Waals surface area contributed by atoms with Gasteiger partial charge in [0.1, 0.15) is 31.8 Å². The molecule has 0 spiro atoms. The SMILES string of the molecule is c1ccc([P+]2(c3ccccc3)P(C3CCCCC3)P(C3CCCCC3)P(C3CCCCC3)P2C2CCCCC2)cc1. The summed E-state index contributed by atoms with van der Waals surface area (Å²) in [4.78, 5) is 0. The molecule has 41 heavy (non-hydrogen) atoms. The Balaban J connectivity index is 1.50. The molecule has 0 amide bonds. The minimum absolute atomic E-state index is 0.0555. The van der Waals surface area contributed by atoms with Crippen molar-refractivity contribution in [2.45, 2.75) is 151 Å². The molecular weight excluding hydrogens is 587 g/mol. The van der Waals surface area contributed by atoms with Crippen LogP contribution < -0.4 is 10.6 Å². The third-order valence-electron chi connectivity index (χ3n) is 11.1. The van der Waals surface area contributed by atoms with E-state index < -0.39 is 6.64 Å². The van der Waals surface area contributed by atoms with Crippen molar-refractivity contribution in [2.75, 3.05) is 0 Å². The molecule has 4 saturated carbocycles. The quantitative estimate of drug-likeness (QED) is 0.275. The van der Waals surface area contributed by atoms with Gasteiger partial charge in [-0.15, -0.1) is 0 Å². The summed E-state index contributed by atoms with van der Waals surface area (Å²) in [5.41, 5.74) is 4.40. The second-order valence-corrected chi connectivity index (χ2v) is 40.1. The molecule has 1 aliphatic heterocycles. The van der Waals surface area contributed by atoms with Crippen molar-refractivity contribution >= 4 is 46.4 Å². The summed E-state index contributed by atoms with van der Waals surface area (Å²) in [5, 5.41) is 3.81. The van der Waals surface area contributed by atoms with Crippen LogP contribution in [-0.4, -0.2) is 22.6 Å². The smallest absolute Gasteiger partial charge is 0.0620 e. The molecule has 0 radical (unpaired) electrons. The number of rotatable bonds is 6. The number of hydrogen-bond acceptors (Lipinski definition) is 0. The summed E-state index contributed by atoms with van der Waals surface area (Å²) in [6.07, 6.45) is 31.2. The molecule has 2 aromatic rings. The number of hydrogen-bond donors (Lipinski definition) is 0. The molecule has 1 heterocycles. The van der Waals surface area contributed by atoms with E-state index in [0.717, 1.165) is 22.6 Å². The van der Waals surface area contributed by atoms with Gasteiger partial charge in [-0.25, -0.2) is 0 Å². The topological polar surface area (TPSA) is 0 Å². The average Bonchev–Trinajstić information content (AvgIpc) is 3.40. The Bertz CT molecular complexity index is 980. The normalized spacial score (nSPS) is 32.7. The molecular formula is C36H54P5+. The second kappa shape index (κ2) is 14.3. The van der Waals surface area contributed by atoms with Gasteiger partial charge in [0.15, 0.2) is 0 Å². The zero-order valence-corrected chi connectivity index (χ0v) is 29.9. The van der Waals surface area contributed by atoms with Crippen molar-refractivity contribution in [3.05, 3.63) is 60.7 Å². The summed E-state index contributed by atoms with van der Waals surface area (Å²) in [6.45, 7) is -1.47. The summed E-state index contributed by atoms with van der Waals surface area (Å²) in [6, 6.07) is 25.4. The van der Waals surface area contributed by atoms with E-state index >= 15 is 0 Å². The summed E-state index contributed by atoms with van der Waals surface area (Å²) >= 11 is 0. The Morgan fingerprint density at radius 1 is 0.366 bits per heavy atom. The van der Waals surface area contributed by atoms with Crippen molar-refractivity contribution in [3.8, 4) is 0 Å². The molecule has 0 bridgehead atoms. The highest BCUT2D eigenvalue weighted by Crippen LogP contribution is 3.29. The van der Waals surface area contributed by atoms with Gasteiger partial charge in [-0.1, -0.05) is 113 Å². The van der Waals surface area contributed by atoms with E-state index in [0.29, 0.717) is 0 Å². The molecule has 4 atom stereocenters. The molecule has 1 saturated heterocycles. The lowest BCUT2D eigenvalue weighted by Gasteiger charge is -2.42. The highest BCUT2D eigenvalue weighted by molar-refractivity contribution is 9.14. The maximum absolute atomic E-state index is 2.71. The lowest BCUT2D eigenvalue weighted by Crippen LogP contribution is -2.25. The number of benzene rings is 2. The zero-order chi connectivity index (χ0) is 27.5. The van der Waals surface area contributed by atoms with Crippen LogP contribution in [0.2, 0.25) is 0 Å². The van der Waals surface area contributed by atoms with Gasteiger partial charge in [-0.05, 0) is 102 Å². The van der Waals surface area contributed by atoms with Crippen LogP contribution >= 0.6 is 35.8 Å². The van der Waals surface area contributed by atoms with Crippen LogP contribution in [0.1, 0.15) is 128 Å². The van der Waals surface area contributed by atoms with Gasteiger partial charge in [0, 0.05) is 11.3 Å². The fraction of sp³-hybridized carbons (Fsp3) is 0.667. The van der Waals surface area contributed by atoms with E-state index in [2.05, 4.69) is 60.7 Å². The van der Waals surface area contributed by atoms with E-state index in [1.165, 1.54) is 51.4 Å². The molecule has 5 heteroatoms. The van der Waals surface area contributed by atoms with E-state index in [1.54, 1.807) is 77.0 Å². The van der Waals surface area contributed by atoms with Crippen molar-refractivity contribution < 1.29 is 0 Å². The highest BCUT2D eigenvalue weighted by atomic mass is 33.0. The Labute approximate surface area is 257 Å². The minimum atomic E-state index is -1.47. The molecule has 5 fully saturated rings. The standard InChI is InChI=1S/C36H54P5/c1-7-19-31(20-8-1)37-38(32-21-9-2-10-22-32)40(34-25-13-4-14-26-34)41(35-27-15-5-16-28-35,36-29-17-6-18-30-36)39(37)33-23-11-3-12-24-33/h5-6,15-18,27-34H,1-4,7-14,19-26H2/q+1. The van der Waals surface area contributed by atoms with Crippen LogP contribution in [0, 0.1) is 0 Å². The third kappa shape index (κ3) is 5.97. The largest absolute Gasteiger partial charge is 0.125 e. The summed E-state index contributed by atoms with van der Waals surface area (Å²) in [7, 11) is 0.456. The molecule has 0 nitrogen and oxygen atoms in total. The van der Waals surface area contributed by atoms with E-state index in [4.69, 9.17) is 0 Å². The molecule has 5 aliphatic rings. The monoisotopic (exact) mass is 641 g/mol. The molecule has 4 aliphatic carbocycles. The predicted molar refractivity (Wildman–Crippen MR) is 194 cm³/mol. The van der Waals surface area contributed by atoms with Crippen LogP contribution in [0.15, 0.2) is 60.7 Å². The molecule has 4 unspecified atom stereocenters. The van der Waals surface area contributed by atoms with Gasteiger partial charge in [0.25, 0.3) is 0 Å². The molecule has 222 valence electrons. The van der Waals surface area contributed by atoms with Gasteiger partial charge < -0.3 is 0 Å². The highest BCUT2D eigenvalue weighted by Gasteiger charge is 2.74. The minimum Gasteiger partial charge on any atom is -0.0620 e. The van der Waals surface area contributed by atoms with Crippen molar-refractivity contribution in [1.29, 1.82) is 0 Å². The average molecular weight is 642 g/mol. The molecule has 7 rings (SSSR count). The van der Waals surface area contributed by atoms with Gasteiger partial charge in [-0.3, -0.25) is 0 Å². The Hall–Kier alpha value is 0.590. The van der Waals surface area contributed by atoms with Crippen LogP contribution in [-0.2, 0) is 0 Å². The van der Waals surface area contributed by atoms with Crippen LogP contribution in [0.5, 0.6) is 0 Å². The first-order valence-electron chi connectivity index (χ1n) is 17.6. The Kier molecular flexibility index (Phi) is 10.6. The van der Waals surface area contributed by atoms with Gasteiger partial charge in [-0.2, -0.15) is 0 Å². The Morgan fingerprint density at radius 3 is 0.976 bits per heavy atom. The van der Waals surface area contributed by atoms with Gasteiger partial charge >= 0.3 is 0 Å². The molecule has 0 aromatic heterocycles. The Morgan fingerprint density at radius 2 is 0.659 bits per heavy atom. The fourth-order valence-corrected chi connectivity index (χ4v) is 98.8. The summed E-state index contributed by atoms with van der Waals surface area (Å²) in [5.74, 6) is 0. The van der Waals surface area contributed by atoms with Gasteiger partial charge in [0.05, 0.1) is 0 Å². The zero-order valence-electron chi connectivity index (χ0n) is 25.5. The van der Waals surface area contributed by atoms with Crippen LogP contribution in [0.25, 0.3) is 0 Å². The molecule has 2 aromatic carbocycles. The maximum Gasteiger partial charge on any atom is 0.125 e. The van der Waals surface area contributed by atoms with Crippen molar-refractivity contribution in [1.82, 2.24) is 0 Å². The maximum atomic E-state index is 2.71. The first-order chi connectivity index (χ1) is 20.4. The second-order valence-electron chi connectivity index (χ2n) is 13.7. The fourth-order valence-electron chi connectivity index (χ4n) is 9.17. The van der Waals surface area contributed by atoms with E-state index in [1.807, 2.05) is 10.6 Å². The van der Waals surface area contributed by atoms with E-state index in [9.17, 15) is 0 Å². The lowest BCUT2D eigenvalue weighted by atomic mass is 10.0. The van der Waals surface area contributed by atoms with E-state index in [-0.39, 0.29) is 29.2 Å². The first kappa shape index (κ1) is 30.3. The lowest BCUT2D eigenvalue weighted by molar-refractivity contribution is 0.507.